The van der Waals surface area contributed by atoms with Crippen molar-refractivity contribution >= 4 is 22.9 Å². The summed E-state index contributed by atoms with van der Waals surface area (Å²) >= 11 is 1.77. The zero-order valence-corrected chi connectivity index (χ0v) is 18.7. The Morgan fingerprint density at radius 2 is 1.79 bits per heavy atom. The van der Waals surface area contributed by atoms with E-state index in [0.717, 1.165) is 31.9 Å². The van der Waals surface area contributed by atoms with E-state index in [0.29, 0.717) is 12.3 Å². The summed E-state index contributed by atoms with van der Waals surface area (Å²) in [6.45, 7) is 10.2. The number of thiophene rings is 1. The highest BCUT2D eigenvalue weighted by Gasteiger charge is 2.31. The molecule has 6 heteroatoms. The first-order valence-electron chi connectivity index (χ1n) is 10.4. The van der Waals surface area contributed by atoms with Gasteiger partial charge in [0, 0.05) is 49.2 Å². The monoisotopic (exact) mass is 415 g/mol. The molecule has 0 aliphatic carbocycles. The average Bonchev–Trinajstić information content (AvgIpc) is 3.22. The van der Waals surface area contributed by atoms with Gasteiger partial charge in [-0.05, 0) is 48.6 Å². The van der Waals surface area contributed by atoms with Crippen LogP contribution in [0.5, 0.6) is 5.75 Å². The molecule has 158 valence electrons. The number of ether oxygens (including phenoxy) is 1. The molecule has 0 bridgehead atoms. The molecule has 1 saturated heterocycles. The molecule has 1 aliphatic rings. The van der Waals surface area contributed by atoms with Gasteiger partial charge in [0.15, 0.2) is 0 Å². The van der Waals surface area contributed by atoms with Crippen molar-refractivity contribution < 1.29 is 9.53 Å². The number of piperazine rings is 1. The Hall–Kier alpha value is -2.05. The van der Waals surface area contributed by atoms with Crippen LogP contribution in [0.15, 0.2) is 41.8 Å². The second-order valence-electron chi connectivity index (χ2n) is 8.14. The Morgan fingerprint density at radius 3 is 2.34 bits per heavy atom. The zero-order valence-electron chi connectivity index (χ0n) is 17.9. The highest BCUT2D eigenvalue weighted by atomic mass is 32.1. The first-order valence-corrected chi connectivity index (χ1v) is 11.3. The highest BCUT2D eigenvalue weighted by Crippen LogP contribution is 2.30. The van der Waals surface area contributed by atoms with Gasteiger partial charge in [-0.2, -0.15) is 0 Å². The molecular weight excluding hydrogens is 382 g/mol. The smallest absolute Gasteiger partial charge is 0.220 e. The third-order valence-corrected chi connectivity index (χ3v) is 6.38. The third kappa shape index (κ3) is 5.73. The van der Waals surface area contributed by atoms with Gasteiger partial charge in [0.25, 0.3) is 0 Å². The van der Waals surface area contributed by atoms with Crippen LogP contribution in [-0.2, 0) is 4.79 Å². The van der Waals surface area contributed by atoms with Crippen LogP contribution in [0.1, 0.15) is 38.1 Å². The van der Waals surface area contributed by atoms with E-state index < -0.39 is 0 Å². The van der Waals surface area contributed by atoms with E-state index in [4.69, 9.17) is 4.74 Å². The van der Waals surface area contributed by atoms with Crippen molar-refractivity contribution in [3.63, 3.8) is 0 Å². The molecule has 1 aromatic heterocycles. The number of hydrogen-bond donors (Lipinski definition) is 1. The minimum atomic E-state index is 0.0763. The van der Waals surface area contributed by atoms with Crippen molar-refractivity contribution in [2.75, 3.05) is 38.2 Å². The number of benzene rings is 1. The molecule has 0 saturated carbocycles. The molecule has 1 N–H and O–H groups in total. The van der Waals surface area contributed by atoms with Crippen LogP contribution in [0.2, 0.25) is 0 Å². The molecule has 1 aromatic carbocycles. The van der Waals surface area contributed by atoms with Crippen molar-refractivity contribution in [3.8, 4) is 5.75 Å². The molecule has 2 heterocycles. The van der Waals surface area contributed by atoms with Gasteiger partial charge < -0.3 is 15.0 Å². The fourth-order valence-electron chi connectivity index (χ4n) is 4.02. The van der Waals surface area contributed by atoms with Gasteiger partial charge in [0.2, 0.25) is 5.91 Å². The maximum Gasteiger partial charge on any atom is 0.220 e. The lowest BCUT2D eigenvalue weighted by atomic mass is 10.0. The van der Waals surface area contributed by atoms with E-state index in [1.165, 1.54) is 10.6 Å². The third-order valence-electron chi connectivity index (χ3n) is 5.44. The number of carbonyl (C=O) groups is 1. The standard InChI is InChI=1S/C23H33N3O2S/c1-17(2)16-22(27)24-18(3)23(21-6-5-15-29-21)26-13-11-25(12-14-26)19-7-9-20(28-4)10-8-19/h5-10,15,17-18,23H,11-14,16H2,1-4H3,(H,24,27). The Bertz CT molecular complexity index is 753. The molecular formula is C23H33N3O2S. The van der Waals surface area contributed by atoms with E-state index in [9.17, 15) is 4.79 Å². The zero-order chi connectivity index (χ0) is 20.8. The molecule has 1 amide bonds. The Morgan fingerprint density at radius 1 is 1.10 bits per heavy atom. The first-order chi connectivity index (χ1) is 14.0. The van der Waals surface area contributed by atoms with Crippen LogP contribution >= 0.6 is 11.3 Å². The maximum atomic E-state index is 12.4. The topological polar surface area (TPSA) is 44.8 Å². The van der Waals surface area contributed by atoms with Gasteiger partial charge in [-0.1, -0.05) is 19.9 Å². The number of rotatable bonds is 8. The molecule has 5 nitrogen and oxygen atoms in total. The van der Waals surface area contributed by atoms with Gasteiger partial charge in [0.1, 0.15) is 5.75 Å². The van der Waals surface area contributed by atoms with Crippen molar-refractivity contribution in [2.45, 2.75) is 39.3 Å². The summed E-state index contributed by atoms with van der Waals surface area (Å²) in [5.41, 5.74) is 1.23. The molecule has 1 fully saturated rings. The molecule has 0 radical (unpaired) electrons. The molecule has 2 atom stereocenters. The van der Waals surface area contributed by atoms with Gasteiger partial charge >= 0.3 is 0 Å². The summed E-state index contributed by atoms with van der Waals surface area (Å²) in [4.78, 5) is 18.6. The predicted octanol–water partition coefficient (Wildman–Crippen LogP) is 4.17. The fraction of sp³-hybridized carbons (Fsp3) is 0.522. The SMILES string of the molecule is COc1ccc(N2CCN(C(c3cccs3)C(C)NC(=O)CC(C)C)CC2)cc1. The van der Waals surface area contributed by atoms with Crippen molar-refractivity contribution in [1.29, 1.82) is 0 Å². The van der Waals surface area contributed by atoms with E-state index in [-0.39, 0.29) is 18.0 Å². The normalized spacial score (nSPS) is 17.2. The number of hydrogen-bond acceptors (Lipinski definition) is 5. The molecule has 0 spiro atoms. The van der Waals surface area contributed by atoms with E-state index in [1.54, 1.807) is 18.4 Å². The Labute approximate surface area is 178 Å². The van der Waals surface area contributed by atoms with Gasteiger partial charge in [-0.3, -0.25) is 9.69 Å². The maximum absolute atomic E-state index is 12.4. The summed E-state index contributed by atoms with van der Waals surface area (Å²) in [5, 5.41) is 5.37. The quantitative estimate of drug-likeness (QED) is 0.703. The fourth-order valence-corrected chi connectivity index (χ4v) is 4.98. The van der Waals surface area contributed by atoms with Crippen LogP contribution in [0.4, 0.5) is 5.69 Å². The first kappa shape index (κ1) is 21.7. The van der Waals surface area contributed by atoms with Crippen LogP contribution in [0, 0.1) is 5.92 Å². The Kier molecular flexibility index (Phi) is 7.56. The summed E-state index contributed by atoms with van der Waals surface area (Å²) in [6, 6.07) is 12.9. The average molecular weight is 416 g/mol. The van der Waals surface area contributed by atoms with Crippen molar-refractivity contribution in [3.05, 3.63) is 46.7 Å². The van der Waals surface area contributed by atoms with E-state index >= 15 is 0 Å². The summed E-state index contributed by atoms with van der Waals surface area (Å²) in [5.74, 6) is 1.40. The van der Waals surface area contributed by atoms with Crippen LogP contribution in [-0.4, -0.2) is 50.1 Å². The number of nitrogens with zero attached hydrogens (tertiary/aromatic N) is 2. The van der Waals surface area contributed by atoms with Crippen LogP contribution in [0.25, 0.3) is 0 Å². The number of methoxy groups -OCH3 is 1. The predicted molar refractivity (Wildman–Crippen MR) is 121 cm³/mol. The molecule has 29 heavy (non-hydrogen) atoms. The number of carbonyl (C=O) groups excluding carboxylic acids is 1. The van der Waals surface area contributed by atoms with Crippen molar-refractivity contribution in [1.82, 2.24) is 10.2 Å². The second kappa shape index (κ2) is 10.1. The van der Waals surface area contributed by atoms with E-state index in [2.05, 4.69) is 65.5 Å². The minimum Gasteiger partial charge on any atom is -0.497 e. The Balaban J connectivity index is 1.65. The lowest BCUT2D eigenvalue weighted by Gasteiger charge is -2.42. The molecule has 2 unspecified atom stereocenters. The molecule has 1 aliphatic heterocycles. The number of anilines is 1. The van der Waals surface area contributed by atoms with Gasteiger partial charge in [-0.15, -0.1) is 11.3 Å². The molecule has 2 aromatic rings. The summed E-state index contributed by atoms with van der Waals surface area (Å²) in [7, 11) is 1.69. The minimum absolute atomic E-state index is 0.0763. The highest BCUT2D eigenvalue weighted by molar-refractivity contribution is 7.10. The lowest BCUT2D eigenvalue weighted by Crippen LogP contribution is -2.52. The molecule has 3 rings (SSSR count). The van der Waals surface area contributed by atoms with Gasteiger partial charge in [0.05, 0.1) is 13.2 Å². The summed E-state index contributed by atoms with van der Waals surface area (Å²) in [6.07, 6.45) is 0.576. The number of amides is 1. The van der Waals surface area contributed by atoms with E-state index in [1.807, 2.05) is 12.1 Å². The largest absolute Gasteiger partial charge is 0.497 e. The number of nitrogens with one attached hydrogen (secondary N) is 1. The summed E-state index contributed by atoms with van der Waals surface area (Å²) < 4.78 is 5.27. The van der Waals surface area contributed by atoms with Crippen LogP contribution in [0.3, 0.4) is 0 Å². The van der Waals surface area contributed by atoms with Gasteiger partial charge in [-0.25, -0.2) is 0 Å². The van der Waals surface area contributed by atoms with Crippen molar-refractivity contribution in [2.24, 2.45) is 5.92 Å². The lowest BCUT2D eigenvalue weighted by molar-refractivity contribution is -0.122. The second-order valence-corrected chi connectivity index (χ2v) is 9.11. The van der Waals surface area contributed by atoms with Crippen LogP contribution < -0.4 is 15.0 Å².